The standard InChI is InChI=1S/C18H25N3O2/c19-8-13-2-12-3-14(12)21(13)16(22)15(20)17-4-10-1-11(5-17)7-18(23,6-10)9-17/h10-15,23H,1-7,9,20H2/t10?,11?,12-,13+,14+,15+,17?,18?/m1/s1/i1D2,3D2,4D2,5D2,6D2,7D2,9D2,10D,11D,13D,15D. The minimum Gasteiger partial charge on any atom is -0.390 e. The van der Waals surface area contributed by atoms with Gasteiger partial charge < -0.3 is 15.7 Å². The summed E-state index contributed by atoms with van der Waals surface area (Å²) in [5.41, 5.74) is -2.94. The Bertz CT molecular complexity index is 1230. The molecule has 23 heavy (non-hydrogen) atoms. The van der Waals surface area contributed by atoms with Gasteiger partial charge in [0.25, 0.3) is 0 Å². The fraction of sp³-hybridized carbons (Fsp3) is 0.889. The maximum atomic E-state index is 14.1. The van der Waals surface area contributed by atoms with E-state index in [1.165, 1.54) is 6.07 Å². The lowest BCUT2D eigenvalue weighted by atomic mass is 9.46. The number of amides is 1. The van der Waals surface area contributed by atoms with Crippen LogP contribution in [-0.2, 0) is 4.79 Å². The molecule has 5 saturated carbocycles. The van der Waals surface area contributed by atoms with Crippen molar-refractivity contribution in [2.75, 3.05) is 0 Å². The minimum atomic E-state index is -4.53. The largest absolute Gasteiger partial charge is 0.390 e. The zero-order valence-electron chi connectivity index (χ0n) is 29.7. The van der Waals surface area contributed by atoms with Crippen molar-refractivity contribution in [1.82, 2.24) is 4.90 Å². The topological polar surface area (TPSA) is 90.4 Å². The van der Waals surface area contributed by atoms with Crippen LogP contribution in [0.3, 0.4) is 0 Å². The van der Waals surface area contributed by atoms with Crippen LogP contribution in [0.2, 0.25) is 0 Å². The van der Waals surface area contributed by atoms with Gasteiger partial charge in [-0.3, -0.25) is 4.79 Å². The molecule has 6 atom stereocenters. The first-order valence-corrected chi connectivity index (χ1v) is 7.07. The lowest BCUT2D eigenvalue weighted by Gasteiger charge is -2.61. The van der Waals surface area contributed by atoms with Gasteiger partial charge in [0.15, 0.2) is 0 Å². The van der Waals surface area contributed by atoms with Gasteiger partial charge in [0.2, 0.25) is 5.91 Å². The quantitative estimate of drug-likeness (QED) is 0.793. The Morgan fingerprint density at radius 3 is 2.78 bits per heavy atom. The number of likely N-dealkylation sites (tertiary alicyclic amines) is 1. The molecule has 5 aliphatic carbocycles. The van der Waals surface area contributed by atoms with E-state index in [0.717, 1.165) is 0 Å². The third-order valence-electron chi connectivity index (χ3n) is 4.48. The Hall–Kier alpha value is -1.12. The number of carbonyl (C=O) groups is 1. The summed E-state index contributed by atoms with van der Waals surface area (Å²) in [5.74, 6) is -11.9. The van der Waals surface area contributed by atoms with Crippen LogP contribution in [-0.4, -0.2) is 39.6 Å². The molecule has 5 nitrogen and oxygen atoms in total. The Balaban J connectivity index is 1.94. The first-order valence-electron chi connectivity index (χ1n) is 16.1. The van der Waals surface area contributed by atoms with E-state index >= 15 is 0 Å². The Morgan fingerprint density at radius 1 is 1.43 bits per heavy atom. The molecule has 6 rings (SSSR count). The van der Waals surface area contributed by atoms with Gasteiger partial charge in [0.05, 0.1) is 20.4 Å². The second-order valence-electron chi connectivity index (χ2n) is 6.03. The van der Waals surface area contributed by atoms with Crippen LogP contribution in [0.4, 0.5) is 0 Å². The predicted octanol–water partition coefficient (Wildman–Crippen LogP) is 1.16. The highest BCUT2D eigenvalue weighted by atomic mass is 16.3. The van der Waals surface area contributed by atoms with Gasteiger partial charge in [-0.2, -0.15) is 5.26 Å². The number of rotatable bonds is 2. The van der Waals surface area contributed by atoms with Crippen molar-refractivity contribution < 1.29 is 34.6 Å². The highest BCUT2D eigenvalue weighted by Gasteiger charge is 2.62. The molecule has 1 amide bonds. The number of carbonyl (C=O) groups excluding carboxylic acids is 1. The highest BCUT2D eigenvalue weighted by molar-refractivity contribution is 5.84. The average Bonchev–Trinajstić information content (AvgIpc) is 3.14. The molecule has 3 N–H and O–H groups in total. The number of piperidine rings is 1. The molecule has 1 heterocycles. The summed E-state index contributed by atoms with van der Waals surface area (Å²) in [6.45, 7) is 0. The zero-order valence-corrected chi connectivity index (χ0v) is 11.7. The van der Waals surface area contributed by atoms with Crippen LogP contribution in [0, 0.1) is 34.5 Å². The summed E-state index contributed by atoms with van der Waals surface area (Å²) in [7, 11) is 0. The third kappa shape index (κ3) is 1.88. The van der Waals surface area contributed by atoms with E-state index in [1.54, 1.807) is 0 Å². The minimum absolute atomic E-state index is 0.112. The molecule has 2 unspecified atom stereocenters. The molecule has 0 aromatic heterocycles. The van der Waals surface area contributed by atoms with Crippen LogP contribution in [0.5, 0.6) is 0 Å². The number of fused-ring (bicyclic) bond motifs is 1. The summed E-state index contributed by atoms with van der Waals surface area (Å²) in [4.78, 5) is 14.2. The summed E-state index contributed by atoms with van der Waals surface area (Å²) in [5, 5.41) is 21.4. The second-order valence-corrected chi connectivity index (χ2v) is 6.03. The molecule has 0 aromatic rings. The van der Waals surface area contributed by atoms with E-state index in [4.69, 9.17) is 30.4 Å². The molecular formula is C18H25N3O2. The molecule has 0 aromatic carbocycles. The van der Waals surface area contributed by atoms with Gasteiger partial charge in [-0.25, -0.2) is 0 Å². The average molecular weight is 334 g/mol. The first kappa shape index (κ1) is 4.95. The van der Waals surface area contributed by atoms with Gasteiger partial charge in [0, 0.05) is 28.0 Å². The molecule has 6 fully saturated rings. The molecular weight excluding hydrogens is 290 g/mol. The van der Waals surface area contributed by atoms with Crippen molar-refractivity contribution in [2.24, 2.45) is 28.9 Å². The van der Waals surface area contributed by atoms with Crippen LogP contribution in [0.25, 0.3) is 0 Å². The molecule has 0 radical (unpaired) electrons. The number of hydrogen-bond donors (Lipinski definition) is 2. The van der Waals surface area contributed by atoms with Crippen LogP contribution in [0.15, 0.2) is 0 Å². The fourth-order valence-electron chi connectivity index (χ4n) is 3.41. The Kier molecular flexibility index (Phi) is 0.923. The van der Waals surface area contributed by atoms with E-state index < -0.39 is 104 Å². The van der Waals surface area contributed by atoms with Crippen molar-refractivity contribution in [1.29, 1.82) is 5.26 Å². The second kappa shape index (κ2) is 4.29. The monoisotopic (exact) mass is 333 g/mol. The molecule has 4 bridgehead atoms. The number of nitriles is 1. The van der Waals surface area contributed by atoms with Crippen molar-refractivity contribution in [2.45, 2.75) is 74.7 Å². The van der Waals surface area contributed by atoms with Gasteiger partial charge in [-0.15, -0.1) is 0 Å². The van der Waals surface area contributed by atoms with Crippen molar-refractivity contribution in [3.05, 3.63) is 0 Å². The number of aliphatic hydroxyl groups is 1. The van der Waals surface area contributed by atoms with Gasteiger partial charge >= 0.3 is 0 Å². The summed E-state index contributed by atoms with van der Waals surface area (Å²) >= 11 is 0. The first-order chi connectivity index (χ1) is 17.8. The number of hydrogen-bond acceptors (Lipinski definition) is 4. The van der Waals surface area contributed by atoms with Gasteiger partial charge in [-0.1, -0.05) is 0 Å². The molecule has 5 heteroatoms. The molecule has 0 spiro atoms. The molecule has 1 saturated heterocycles. The Morgan fingerprint density at radius 2 is 2.13 bits per heavy atom. The molecule has 6 aliphatic rings. The van der Waals surface area contributed by atoms with E-state index in [-0.39, 0.29) is 4.90 Å². The lowest BCUT2D eigenvalue weighted by Crippen LogP contribution is -2.64. The smallest absolute Gasteiger partial charge is 0.241 e. The maximum absolute atomic E-state index is 14.1. The van der Waals surface area contributed by atoms with Crippen LogP contribution in [0.1, 0.15) is 75.7 Å². The summed E-state index contributed by atoms with van der Waals surface area (Å²) < 4.78 is 155. The van der Waals surface area contributed by atoms with Gasteiger partial charge in [0.1, 0.15) is 6.02 Å². The van der Waals surface area contributed by atoms with Crippen LogP contribution >= 0.6 is 0 Å². The normalized spacial score (nSPS) is 91.6. The van der Waals surface area contributed by atoms with E-state index in [1.807, 2.05) is 0 Å². The molecule has 124 valence electrons. The van der Waals surface area contributed by atoms with Crippen molar-refractivity contribution in [3.63, 3.8) is 0 Å². The van der Waals surface area contributed by atoms with Gasteiger partial charge in [-0.05, 0) is 74.2 Å². The number of nitrogens with zero attached hydrogens (tertiary/aromatic N) is 2. The van der Waals surface area contributed by atoms with Crippen LogP contribution < -0.4 is 5.73 Å². The van der Waals surface area contributed by atoms with E-state index in [9.17, 15) is 15.2 Å². The summed E-state index contributed by atoms with van der Waals surface area (Å²) in [6.07, 6.45) is -29.3. The van der Waals surface area contributed by atoms with E-state index in [0.29, 0.717) is 0 Å². The highest BCUT2D eigenvalue weighted by Crippen LogP contribution is 2.63. The molecule has 1 aliphatic heterocycles. The summed E-state index contributed by atoms with van der Waals surface area (Å²) in [6, 6.07) is -7.20. The Labute approximate surface area is 162 Å². The van der Waals surface area contributed by atoms with Crippen molar-refractivity contribution >= 4 is 5.91 Å². The number of nitrogens with two attached hydrogens (primary N) is 1. The predicted molar refractivity (Wildman–Crippen MR) is 82.8 cm³/mol. The van der Waals surface area contributed by atoms with E-state index in [2.05, 4.69) is 0 Å². The lowest BCUT2D eigenvalue weighted by molar-refractivity contribution is -0.177. The maximum Gasteiger partial charge on any atom is 0.241 e. The fourth-order valence-corrected chi connectivity index (χ4v) is 3.41. The zero-order chi connectivity index (χ0) is 32.2. The third-order valence-corrected chi connectivity index (χ3v) is 4.48. The van der Waals surface area contributed by atoms with Crippen molar-refractivity contribution in [3.8, 4) is 6.07 Å². The SMILES string of the molecule is [2H]C1([2H])[C@H]2C[C@@]([2H])(C#N)N(C(=O)[C@]([2H])(N)C34C([2H])([2H])C5([2H])C([2H])([2H])C([2H])(C([2H])([2H])C(O)(C5([2H])[2H])C3([2H])[2H])C4([2H])[2H])[C@H]21.